The molecule has 2 aliphatic carbocycles. The summed E-state index contributed by atoms with van der Waals surface area (Å²) in [5, 5.41) is 12.2. The largest absolute Gasteiger partial charge is 0.481 e. The zero-order chi connectivity index (χ0) is 24.4. The number of carbonyl (C=O) groups is 3. The molecule has 2 aromatic carbocycles. The van der Waals surface area contributed by atoms with E-state index in [0.29, 0.717) is 13.0 Å². The minimum absolute atomic E-state index is 0.0164. The average Bonchev–Trinajstić information content (AvgIpc) is 3.15. The van der Waals surface area contributed by atoms with Crippen LogP contribution < -0.4 is 5.32 Å². The summed E-state index contributed by atoms with van der Waals surface area (Å²) in [4.78, 5) is 39.0. The van der Waals surface area contributed by atoms with Crippen LogP contribution in [0.2, 0.25) is 0 Å². The van der Waals surface area contributed by atoms with Gasteiger partial charge in [0, 0.05) is 18.5 Å². The Kier molecular flexibility index (Phi) is 6.50. The molecule has 35 heavy (non-hydrogen) atoms. The van der Waals surface area contributed by atoms with Crippen molar-refractivity contribution in [3.05, 3.63) is 59.7 Å². The Morgan fingerprint density at radius 2 is 1.63 bits per heavy atom. The lowest BCUT2D eigenvalue weighted by atomic mass is 9.74. The predicted octanol–water partition coefficient (Wildman–Crippen LogP) is 4.69. The van der Waals surface area contributed by atoms with Crippen LogP contribution in [0.25, 0.3) is 11.1 Å². The molecule has 0 spiro atoms. The van der Waals surface area contributed by atoms with E-state index in [9.17, 15) is 19.5 Å². The lowest BCUT2D eigenvalue weighted by Gasteiger charge is -2.44. The number of carbonyl (C=O) groups excluding carboxylic acids is 2. The number of carboxylic acids is 1. The molecule has 0 aromatic heterocycles. The molecule has 7 heteroatoms. The second kappa shape index (κ2) is 9.72. The summed E-state index contributed by atoms with van der Waals surface area (Å²) in [6.45, 7) is 0.814. The highest BCUT2D eigenvalue weighted by Gasteiger charge is 2.43. The number of nitrogens with zero attached hydrogens (tertiary/aromatic N) is 1. The number of carboxylic acid groups (broad SMARTS) is 1. The van der Waals surface area contributed by atoms with Crippen molar-refractivity contribution in [3.8, 4) is 11.1 Å². The lowest BCUT2D eigenvalue weighted by molar-refractivity contribution is -0.142. The molecule has 2 fully saturated rings. The van der Waals surface area contributed by atoms with Crippen LogP contribution in [0.15, 0.2) is 48.5 Å². The highest BCUT2D eigenvalue weighted by molar-refractivity contribution is 5.81. The van der Waals surface area contributed by atoms with Gasteiger partial charge in [-0.05, 0) is 60.8 Å². The summed E-state index contributed by atoms with van der Waals surface area (Å²) in [6, 6.07) is 16.1. The molecule has 2 N–H and O–H groups in total. The standard InChI is InChI=1S/C28H32N2O5/c31-25(30-15-6-5-8-19(30)16-26(32)33)17-28(13-7-14-28)29-27(34)35-18-24-22-11-3-1-9-20(22)21-10-2-4-12-23(21)24/h1-4,9-12,19,24H,5-8,13-18H2,(H,29,34)(H,32,33). The van der Waals surface area contributed by atoms with E-state index in [1.54, 1.807) is 4.90 Å². The highest BCUT2D eigenvalue weighted by Crippen LogP contribution is 2.44. The number of likely N-dealkylation sites (tertiary alicyclic amines) is 1. The van der Waals surface area contributed by atoms with Crippen molar-refractivity contribution < 1.29 is 24.2 Å². The molecule has 2 aromatic rings. The topological polar surface area (TPSA) is 95.9 Å². The number of fused-ring (bicyclic) bond motifs is 3. The van der Waals surface area contributed by atoms with Crippen LogP contribution in [0.1, 0.15) is 68.4 Å². The van der Waals surface area contributed by atoms with Gasteiger partial charge in [-0.3, -0.25) is 9.59 Å². The molecule has 184 valence electrons. The fourth-order valence-electron chi connectivity index (χ4n) is 5.93. The molecule has 5 rings (SSSR count). The minimum atomic E-state index is -0.884. The van der Waals surface area contributed by atoms with Gasteiger partial charge in [0.15, 0.2) is 0 Å². The third-order valence-corrected chi connectivity index (χ3v) is 7.87. The monoisotopic (exact) mass is 476 g/mol. The zero-order valence-corrected chi connectivity index (χ0v) is 19.9. The summed E-state index contributed by atoms with van der Waals surface area (Å²) in [7, 11) is 0. The predicted molar refractivity (Wildman–Crippen MR) is 131 cm³/mol. The third-order valence-electron chi connectivity index (χ3n) is 7.87. The highest BCUT2D eigenvalue weighted by atomic mass is 16.5. The number of rotatable bonds is 7. The third kappa shape index (κ3) is 4.77. The van der Waals surface area contributed by atoms with Gasteiger partial charge in [-0.25, -0.2) is 4.79 Å². The molecule has 3 aliphatic rings. The molecule has 1 saturated carbocycles. The molecule has 1 aliphatic heterocycles. The smallest absolute Gasteiger partial charge is 0.407 e. The van der Waals surface area contributed by atoms with E-state index in [-0.39, 0.29) is 37.3 Å². The summed E-state index contributed by atoms with van der Waals surface area (Å²) < 4.78 is 5.72. The van der Waals surface area contributed by atoms with E-state index < -0.39 is 17.6 Å². The summed E-state index contributed by atoms with van der Waals surface area (Å²) >= 11 is 0. The van der Waals surface area contributed by atoms with Crippen LogP contribution in [0.4, 0.5) is 4.79 Å². The van der Waals surface area contributed by atoms with Crippen molar-refractivity contribution in [3.63, 3.8) is 0 Å². The molecule has 1 unspecified atom stereocenters. The normalized spacial score (nSPS) is 20.3. The van der Waals surface area contributed by atoms with Crippen LogP contribution in [0.3, 0.4) is 0 Å². The Hall–Kier alpha value is -3.35. The van der Waals surface area contributed by atoms with Gasteiger partial charge in [-0.1, -0.05) is 48.5 Å². The fourth-order valence-corrected chi connectivity index (χ4v) is 5.93. The number of hydrogen-bond acceptors (Lipinski definition) is 4. The molecule has 0 bridgehead atoms. The number of ether oxygens (including phenoxy) is 1. The molecule has 2 amide bonds. The molecule has 1 atom stereocenters. The van der Waals surface area contributed by atoms with Gasteiger partial charge in [0.05, 0.1) is 18.4 Å². The second-order valence-corrected chi connectivity index (χ2v) is 10.1. The van der Waals surface area contributed by atoms with E-state index >= 15 is 0 Å². The van der Waals surface area contributed by atoms with Gasteiger partial charge in [0.2, 0.25) is 5.91 Å². The Labute approximate surface area is 205 Å². The van der Waals surface area contributed by atoms with Crippen molar-refractivity contribution in [2.24, 2.45) is 0 Å². The fraction of sp³-hybridized carbons (Fsp3) is 0.464. The van der Waals surface area contributed by atoms with Crippen LogP contribution in [0.5, 0.6) is 0 Å². The molecular formula is C28H32N2O5. The van der Waals surface area contributed by atoms with Gasteiger partial charge >= 0.3 is 12.1 Å². The Bertz CT molecular complexity index is 1080. The second-order valence-electron chi connectivity index (χ2n) is 10.1. The molecule has 0 radical (unpaired) electrons. The number of alkyl carbamates (subject to hydrolysis) is 1. The summed E-state index contributed by atoms with van der Waals surface area (Å²) in [6.07, 6.45) is 4.58. The van der Waals surface area contributed by atoms with E-state index in [0.717, 1.165) is 43.2 Å². The number of amides is 2. The van der Waals surface area contributed by atoms with E-state index in [1.807, 2.05) is 24.3 Å². The van der Waals surface area contributed by atoms with Crippen LogP contribution in [-0.4, -0.2) is 52.7 Å². The number of benzene rings is 2. The van der Waals surface area contributed by atoms with Crippen LogP contribution in [-0.2, 0) is 14.3 Å². The van der Waals surface area contributed by atoms with Crippen molar-refractivity contribution in [2.75, 3.05) is 13.2 Å². The molecule has 7 nitrogen and oxygen atoms in total. The SMILES string of the molecule is O=C(O)CC1CCCCN1C(=O)CC1(NC(=O)OCC2c3ccccc3-c3ccccc32)CCC1. The average molecular weight is 477 g/mol. The first-order valence-electron chi connectivity index (χ1n) is 12.6. The Morgan fingerprint density at radius 1 is 0.971 bits per heavy atom. The number of hydrogen-bond donors (Lipinski definition) is 2. The van der Waals surface area contributed by atoms with Crippen molar-refractivity contribution in [2.45, 2.75) is 68.9 Å². The molecule has 1 saturated heterocycles. The first-order chi connectivity index (χ1) is 17.0. The summed E-state index contributed by atoms with van der Waals surface area (Å²) in [5.74, 6) is -0.975. The Morgan fingerprint density at radius 3 is 2.23 bits per heavy atom. The van der Waals surface area contributed by atoms with Crippen LogP contribution >= 0.6 is 0 Å². The quantitative estimate of drug-likeness (QED) is 0.604. The number of aliphatic carboxylic acids is 1. The first kappa shape index (κ1) is 23.4. The van der Waals surface area contributed by atoms with E-state index in [4.69, 9.17) is 4.74 Å². The van der Waals surface area contributed by atoms with Gasteiger partial charge in [0.25, 0.3) is 0 Å². The van der Waals surface area contributed by atoms with Crippen molar-refractivity contribution >= 4 is 18.0 Å². The van der Waals surface area contributed by atoms with Gasteiger partial charge in [-0.2, -0.15) is 0 Å². The summed E-state index contributed by atoms with van der Waals surface area (Å²) in [5.41, 5.74) is 4.06. The maximum atomic E-state index is 13.2. The minimum Gasteiger partial charge on any atom is -0.481 e. The maximum Gasteiger partial charge on any atom is 0.407 e. The van der Waals surface area contributed by atoms with E-state index in [2.05, 4.69) is 29.6 Å². The van der Waals surface area contributed by atoms with Crippen LogP contribution in [0, 0.1) is 0 Å². The lowest BCUT2D eigenvalue weighted by Crippen LogP contribution is -2.57. The van der Waals surface area contributed by atoms with Crippen molar-refractivity contribution in [1.82, 2.24) is 10.2 Å². The number of nitrogens with one attached hydrogen (secondary N) is 1. The number of piperidine rings is 1. The first-order valence-corrected chi connectivity index (χ1v) is 12.6. The van der Waals surface area contributed by atoms with Gasteiger partial charge in [0.1, 0.15) is 6.61 Å². The Balaban J connectivity index is 1.22. The van der Waals surface area contributed by atoms with Gasteiger partial charge < -0.3 is 20.1 Å². The molecular weight excluding hydrogens is 444 g/mol. The van der Waals surface area contributed by atoms with Gasteiger partial charge in [-0.15, -0.1) is 0 Å². The van der Waals surface area contributed by atoms with E-state index in [1.165, 1.54) is 11.1 Å². The molecule has 1 heterocycles. The zero-order valence-electron chi connectivity index (χ0n) is 19.9. The van der Waals surface area contributed by atoms with Crippen molar-refractivity contribution in [1.29, 1.82) is 0 Å². The maximum absolute atomic E-state index is 13.2.